The normalized spacial score (nSPS) is 10.2. The summed E-state index contributed by atoms with van der Waals surface area (Å²) in [6.07, 6.45) is 0. The van der Waals surface area contributed by atoms with E-state index < -0.39 is 0 Å². The fraction of sp³-hybridized carbons (Fsp3) is 0.222. The number of benzene rings is 1. The maximum absolute atomic E-state index is 11.4. The first-order valence-electron chi connectivity index (χ1n) is 3.92. The average Bonchev–Trinajstić information content (AvgIpc) is 2.15. The minimum atomic E-state index is -0.195. The van der Waals surface area contributed by atoms with Crippen LogP contribution in [0.5, 0.6) is 5.75 Å². The fourth-order valence-corrected chi connectivity index (χ4v) is 1.51. The van der Waals surface area contributed by atoms with Crippen molar-refractivity contribution in [3.8, 4) is 5.75 Å². The quantitative estimate of drug-likeness (QED) is 0.834. The van der Waals surface area contributed by atoms with E-state index in [4.69, 9.17) is 11.6 Å². The Labute approximate surface area is 95.2 Å². The molecule has 0 heterocycles. The van der Waals surface area contributed by atoms with Gasteiger partial charge in [-0.2, -0.15) is 0 Å². The molecular weight excluding hydrogens is 269 g/mol. The summed E-state index contributed by atoms with van der Waals surface area (Å²) in [5.41, 5.74) is 0.229. The van der Waals surface area contributed by atoms with Gasteiger partial charge in [0, 0.05) is 4.47 Å². The highest BCUT2D eigenvalue weighted by atomic mass is 79.9. The van der Waals surface area contributed by atoms with E-state index in [1.165, 1.54) is 6.07 Å². The van der Waals surface area contributed by atoms with E-state index in [0.717, 1.165) is 0 Å². The van der Waals surface area contributed by atoms with Crippen LogP contribution < -0.4 is 5.32 Å². The molecule has 0 amide bonds. The summed E-state index contributed by atoms with van der Waals surface area (Å²) in [6.45, 7) is 0.172. The van der Waals surface area contributed by atoms with E-state index in [1.807, 2.05) is 0 Å². The number of carbonyl (C=O) groups is 1. The van der Waals surface area contributed by atoms with Crippen LogP contribution in [0.15, 0.2) is 16.6 Å². The summed E-state index contributed by atoms with van der Waals surface area (Å²) >= 11 is 8.91. The number of Topliss-reactive ketones (excluding diaryl/α,β-unsaturated/α-hetero) is 1. The third-order valence-corrected chi connectivity index (χ3v) is 2.98. The summed E-state index contributed by atoms with van der Waals surface area (Å²) in [5, 5.41) is 12.4. The highest BCUT2D eigenvalue weighted by Gasteiger charge is 2.14. The van der Waals surface area contributed by atoms with Crippen LogP contribution in [-0.4, -0.2) is 24.5 Å². The maximum atomic E-state index is 11.4. The van der Waals surface area contributed by atoms with Gasteiger partial charge in [0.05, 0.1) is 17.1 Å². The number of hydrogen-bond donors (Lipinski definition) is 2. The Hall–Kier alpha value is -0.580. The highest BCUT2D eigenvalue weighted by molar-refractivity contribution is 9.10. The number of ketones is 1. The average molecular weight is 279 g/mol. The molecule has 2 N–H and O–H groups in total. The van der Waals surface area contributed by atoms with Crippen LogP contribution in [0, 0.1) is 0 Å². The molecule has 76 valence electrons. The molecule has 0 aliphatic heterocycles. The second-order valence-electron chi connectivity index (χ2n) is 2.71. The highest BCUT2D eigenvalue weighted by Crippen LogP contribution is 2.34. The molecule has 0 aliphatic carbocycles. The van der Waals surface area contributed by atoms with Crippen LogP contribution >= 0.6 is 27.5 Å². The van der Waals surface area contributed by atoms with Crippen molar-refractivity contribution in [1.29, 1.82) is 0 Å². The molecule has 5 heteroatoms. The van der Waals surface area contributed by atoms with Gasteiger partial charge in [0.2, 0.25) is 0 Å². The lowest BCUT2D eigenvalue weighted by Gasteiger charge is -2.06. The van der Waals surface area contributed by atoms with E-state index in [1.54, 1.807) is 13.1 Å². The molecule has 0 aliphatic rings. The number of rotatable bonds is 3. The Morgan fingerprint density at radius 3 is 2.86 bits per heavy atom. The van der Waals surface area contributed by atoms with E-state index in [0.29, 0.717) is 4.47 Å². The van der Waals surface area contributed by atoms with Gasteiger partial charge in [-0.15, -0.1) is 0 Å². The Balaban J connectivity index is 3.11. The van der Waals surface area contributed by atoms with Gasteiger partial charge < -0.3 is 10.4 Å². The summed E-state index contributed by atoms with van der Waals surface area (Å²) in [7, 11) is 1.66. The van der Waals surface area contributed by atoms with E-state index >= 15 is 0 Å². The molecule has 0 saturated heterocycles. The molecule has 0 saturated carbocycles. The predicted molar refractivity (Wildman–Crippen MR) is 59.1 cm³/mol. The summed E-state index contributed by atoms with van der Waals surface area (Å²) in [6, 6.07) is 3.16. The topological polar surface area (TPSA) is 49.3 Å². The van der Waals surface area contributed by atoms with Crippen LogP contribution in [0.4, 0.5) is 0 Å². The number of nitrogens with one attached hydrogen (secondary N) is 1. The molecular formula is C9H9BrClNO2. The van der Waals surface area contributed by atoms with Crippen molar-refractivity contribution in [2.45, 2.75) is 0 Å². The van der Waals surface area contributed by atoms with Crippen molar-refractivity contribution in [2.75, 3.05) is 13.6 Å². The molecule has 0 aromatic heterocycles. The lowest BCUT2D eigenvalue weighted by atomic mass is 10.1. The summed E-state index contributed by atoms with van der Waals surface area (Å²) in [4.78, 5) is 11.4. The third-order valence-electron chi connectivity index (χ3n) is 1.71. The number of halogens is 2. The summed E-state index contributed by atoms with van der Waals surface area (Å²) in [5.74, 6) is -0.374. The van der Waals surface area contributed by atoms with Crippen molar-refractivity contribution in [3.05, 3.63) is 27.2 Å². The largest absolute Gasteiger partial charge is 0.506 e. The molecule has 1 rings (SSSR count). The number of phenols is 1. The molecule has 0 bridgehead atoms. The van der Waals surface area contributed by atoms with Crippen LogP contribution in [0.25, 0.3) is 0 Å². The van der Waals surface area contributed by atoms with Crippen molar-refractivity contribution in [3.63, 3.8) is 0 Å². The second-order valence-corrected chi connectivity index (χ2v) is 3.94. The van der Waals surface area contributed by atoms with Crippen LogP contribution in [0.1, 0.15) is 10.4 Å². The van der Waals surface area contributed by atoms with Gasteiger partial charge in [0.15, 0.2) is 5.78 Å². The molecule has 0 radical (unpaired) electrons. The molecule has 0 atom stereocenters. The zero-order valence-corrected chi connectivity index (χ0v) is 9.82. The first kappa shape index (κ1) is 11.5. The molecule has 0 spiro atoms. The molecule has 1 aromatic carbocycles. The first-order valence-corrected chi connectivity index (χ1v) is 5.09. The Morgan fingerprint density at radius 2 is 2.29 bits per heavy atom. The number of phenolic OH excluding ortho intramolecular Hbond substituents is 1. The van der Waals surface area contributed by atoms with Crippen molar-refractivity contribution < 1.29 is 9.90 Å². The third kappa shape index (κ3) is 2.26. The maximum Gasteiger partial charge on any atom is 0.180 e. The molecule has 1 aromatic rings. The van der Waals surface area contributed by atoms with Gasteiger partial charge in [-0.3, -0.25) is 4.79 Å². The fourth-order valence-electron chi connectivity index (χ4n) is 1.02. The van der Waals surface area contributed by atoms with E-state index in [-0.39, 0.29) is 28.7 Å². The second kappa shape index (κ2) is 4.77. The van der Waals surface area contributed by atoms with Gasteiger partial charge >= 0.3 is 0 Å². The van der Waals surface area contributed by atoms with Gasteiger partial charge in [0.1, 0.15) is 5.75 Å². The summed E-state index contributed by atoms with van der Waals surface area (Å²) < 4.78 is 0.567. The Bertz CT molecular complexity index is 368. The van der Waals surface area contributed by atoms with Gasteiger partial charge in [-0.1, -0.05) is 11.6 Å². The minimum Gasteiger partial charge on any atom is -0.506 e. The van der Waals surface area contributed by atoms with Gasteiger partial charge in [-0.25, -0.2) is 0 Å². The molecule has 0 fully saturated rings. The van der Waals surface area contributed by atoms with Crippen LogP contribution in [0.2, 0.25) is 5.02 Å². The van der Waals surface area contributed by atoms with E-state index in [2.05, 4.69) is 21.2 Å². The number of hydrogen-bond acceptors (Lipinski definition) is 3. The lowest BCUT2D eigenvalue weighted by molar-refractivity contribution is 0.0991. The Kier molecular flexibility index (Phi) is 3.92. The molecule has 3 nitrogen and oxygen atoms in total. The SMILES string of the molecule is CNCC(=O)c1ccc(Br)c(Cl)c1O. The Morgan fingerprint density at radius 1 is 1.64 bits per heavy atom. The first-order chi connectivity index (χ1) is 6.57. The number of likely N-dealkylation sites (N-methyl/N-ethyl adjacent to an activating group) is 1. The molecule has 0 unspecified atom stereocenters. The van der Waals surface area contributed by atoms with Crippen LogP contribution in [-0.2, 0) is 0 Å². The van der Waals surface area contributed by atoms with Crippen LogP contribution in [0.3, 0.4) is 0 Å². The zero-order valence-electron chi connectivity index (χ0n) is 7.47. The van der Waals surface area contributed by atoms with Gasteiger partial charge in [0.25, 0.3) is 0 Å². The van der Waals surface area contributed by atoms with Crippen molar-refractivity contribution in [1.82, 2.24) is 5.32 Å². The molecule has 14 heavy (non-hydrogen) atoms. The van der Waals surface area contributed by atoms with Crippen molar-refractivity contribution >= 4 is 33.3 Å². The monoisotopic (exact) mass is 277 g/mol. The van der Waals surface area contributed by atoms with E-state index in [9.17, 15) is 9.90 Å². The predicted octanol–water partition coefficient (Wildman–Crippen LogP) is 2.21. The number of carbonyl (C=O) groups excluding carboxylic acids is 1. The lowest BCUT2D eigenvalue weighted by Crippen LogP contribution is -2.18. The minimum absolute atomic E-state index is 0.159. The smallest absolute Gasteiger partial charge is 0.180 e. The standard InChI is InChI=1S/C9H9BrClNO2/c1-12-4-7(13)5-2-3-6(10)8(11)9(5)14/h2-3,12,14H,4H2,1H3. The van der Waals surface area contributed by atoms with Gasteiger partial charge in [-0.05, 0) is 35.1 Å². The van der Waals surface area contributed by atoms with Crippen molar-refractivity contribution in [2.24, 2.45) is 0 Å². The number of aromatic hydroxyl groups is 1. The zero-order chi connectivity index (χ0) is 10.7.